The number of para-hydroxylation sites is 1. The molecular weight excluding hydrogens is 340 g/mol. The fourth-order valence-electron chi connectivity index (χ4n) is 3.21. The number of nitrogens with zero attached hydrogens (tertiary/aromatic N) is 2. The Bertz CT molecular complexity index is 782. The van der Waals surface area contributed by atoms with Crippen LogP contribution in [0.25, 0.3) is 10.9 Å². The van der Waals surface area contributed by atoms with Gasteiger partial charge in [-0.2, -0.15) is 0 Å². The molecule has 134 valence electrons. The molecule has 2 fully saturated rings. The standard InChI is InChI=1S/C18H22N2O4S/c21-17-15-5-1-2-6-16(15)19-18(20(17)10-13-4-3-8-23-13)25-11-14-7-9-22-12-24-14/h1-2,5-6,13-14H,3-4,7-12H2/t13-,14-/m1/s1. The molecule has 4 rings (SSSR count). The Labute approximate surface area is 150 Å². The quantitative estimate of drug-likeness (QED) is 0.601. The van der Waals surface area contributed by atoms with E-state index in [0.29, 0.717) is 18.7 Å². The molecule has 0 unspecified atom stereocenters. The molecule has 1 aromatic heterocycles. The van der Waals surface area contributed by atoms with Gasteiger partial charge in [-0.3, -0.25) is 9.36 Å². The Balaban J connectivity index is 1.63. The van der Waals surface area contributed by atoms with Crippen LogP contribution in [0.15, 0.2) is 34.2 Å². The second kappa shape index (κ2) is 7.86. The average molecular weight is 362 g/mol. The van der Waals surface area contributed by atoms with E-state index in [0.717, 1.165) is 48.9 Å². The smallest absolute Gasteiger partial charge is 0.262 e. The molecule has 2 atom stereocenters. The summed E-state index contributed by atoms with van der Waals surface area (Å²) in [5.74, 6) is 0.764. The number of fused-ring (bicyclic) bond motifs is 1. The Hall–Kier alpha value is -1.41. The lowest BCUT2D eigenvalue weighted by atomic mass is 10.2. The molecule has 2 saturated heterocycles. The number of aromatic nitrogens is 2. The SMILES string of the molecule is O=c1c2ccccc2nc(SC[C@H]2CCOCO2)n1C[C@H]1CCCO1. The average Bonchev–Trinajstić information content (AvgIpc) is 3.17. The van der Waals surface area contributed by atoms with E-state index in [2.05, 4.69) is 0 Å². The van der Waals surface area contributed by atoms with E-state index in [1.54, 1.807) is 16.3 Å². The summed E-state index contributed by atoms with van der Waals surface area (Å²) < 4.78 is 18.3. The minimum Gasteiger partial charge on any atom is -0.376 e. The summed E-state index contributed by atoms with van der Waals surface area (Å²) in [5.41, 5.74) is 0.753. The highest BCUT2D eigenvalue weighted by Gasteiger charge is 2.21. The van der Waals surface area contributed by atoms with Crippen LogP contribution in [0.2, 0.25) is 0 Å². The van der Waals surface area contributed by atoms with Crippen molar-refractivity contribution in [3.63, 3.8) is 0 Å². The van der Waals surface area contributed by atoms with Gasteiger partial charge in [-0.05, 0) is 31.4 Å². The van der Waals surface area contributed by atoms with Crippen molar-refractivity contribution in [2.45, 2.75) is 43.2 Å². The van der Waals surface area contributed by atoms with E-state index in [1.165, 1.54) is 0 Å². The minimum absolute atomic E-state index is 0.0106. The number of rotatable bonds is 5. The molecule has 7 heteroatoms. The largest absolute Gasteiger partial charge is 0.376 e. The minimum atomic E-state index is 0.0106. The summed E-state index contributed by atoms with van der Waals surface area (Å²) in [6.07, 6.45) is 3.15. The third-order valence-corrected chi connectivity index (χ3v) is 5.71. The Morgan fingerprint density at radius 1 is 1.16 bits per heavy atom. The van der Waals surface area contributed by atoms with Crippen LogP contribution in [0.4, 0.5) is 0 Å². The molecule has 1 aromatic carbocycles. The molecule has 0 spiro atoms. The van der Waals surface area contributed by atoms with Crippen LogP contribution < -0.4 is 5.56 Å². The van der Waals surface area contributed by atoms with Crippen molar-refractivity contribution in [2.24, 2.45) is 0 Å². The van der Waals surface area contributed by atoms with Crippen LogP contribution >= 0.6 is 11.8 Å². The third kappa shape index (κ3) is 3.89. The predicted molar refractivity (Wildman–Crippen MR) is 96.0 cm³/mol. The number of thioether (sulfide) groups is 1. The maximum absolute atomic E-state index is 13.0. The van der Waals surface area contributed by atoms with Gasteiger partial charge in [0.05, 0.1) is 36.3 Å². The van der Waals surface area contributed by atoms with Gasteiger partial charge in [0, 0.05) is 12.4 Å². The molecule has 25 heavy (non-hydrogen) atoms. The maximum Gasteiger partial charge on any atom is 0.262 e. The monoisotopic (exact) mass is 362 g/mol. The van der Waals surface area contributed by atoms with Crippen molar-refractivity contribution < 1.29 is 14.2 Å². The first-order valence-electron chi connectivity index (χ1n) is 8.74. The van der Waals surface area contributed by atoms with Gasteiger partial charge in [-0.1, -0.05) is 23.9 Å². The van der Waals surface area contributed by atoms with E-state index in [9.17, 15) is 4.79 Å². The lowest BCUT2D eigenvalue weighted by molar-refractivity contribution is -0.130. The molecule has 2 aromatic rings. The van der Waals surface area contributed by atoms with Crippen molar-refractivity contribution in [1.82, 2.24) is 9.55 Å². The van der Waals surface area contributed by atoms with Crippen molar-refractivity contribution in [1.29, 1.82) is 0 Å². The highest BCUT2D eigenvalue weighted by molar-refractivity contribution is 7.99. The normalized spacial score (nSPS) is 24.0. The molecule has 0 radical (unpaired) electrons. The molecular formula is C18H22N2O4S. The molecule has 0 aliphatic carbocycles. The molecule has 0 bridgehead atoms. The van der Waals surface area contributed by atoms with Crippen LogP contribution in [0.1, 0.15) is 19.3 Å². The molecule has 6 nitrogen and oxygen atoms in total. The Morgan fingerprint density at radius 2 is 2.08 bits per heavy atom. The van der Waals surface area contributed by atoms with Gasteiger partial charge in [0.1, 0.15) is 6.79 Å². The zero-order chi connectivity index (χ0) is 17.1. The first kappa shape index (κ1) is 17.0. The Kier molecular flexibility index (Phi) is 5.36. The van der Waals surface area contributed by atoms with Gasteiger partial charge >= 0.3 is 0 Å². The van der Waals surface area contributed by atoms with Crippen molar-refractivity contribution in [2.75, 3.05) is 25.8 Å². The van der Waals surface area contributed by atoms with E-state index in [1.807, 2.05) is 24.3 Å². The highest BCUT2D eigenvalue weighted by atomic mass is 32.2. The van der Waals surface area contributed by atoms with Crippen molar-refractivity contribution in [3.8, 4) is 0 Å². The number of ether oxygens (including phenoxy) is 3. The summed E-state index contributed by atoms with van der Waals surface area (Å²) in [6.45, 7) is 2.41. The number of hydrogen-bond acceptors (Lipinski definition) is 6. The summed E-state index contributed by atoms with van der Waals surface area (Å²) >= 11 is 1.58. The Morgan fingerprint density at radius 3 is 2.88 bits per heavy atom. The van der Waals surface area contributed by atoms with Gasteiger partial charge in [0.2, 0.25) is 0 Å². The second-order valence-electron chi connectivity index (χ2n) is 6.38. The number of benzene rings is 1. The van der Waals surface area contributed by atoms with Crippen LogP contribution in [0.5, 0.6) is 0 Å². The molecule has 0 N–H and O–H groups in total. The summed E-state index contributed by atoms with van der Waals surface area (Å²) in [7, 11) is 0. The first-order valence-corrected chi connectivity index (χ1v) is 9.73. The lowest BCUT2D eigenvalue weighted by Gasteiger charge is -2.23. The molecule has 2 aliphatic rings. The van der Waals surface area contributed by atoms with Gasteiger partial charge in [-0.15, -0.1) is 0 Å². The van der Waals surface area contributed by atoms with Crippen molar-refractivity contribution >= 4 is 22.7 Å². The maximum atomic E-state index is 13.0. The zero-order valence-electron chi connectivity index (χ0n) is 14.1. The molecule has 0 saturated carbocycles. The van der Waals surface area contributed by atoms with E-state index in [4.69, 9.17) is 19.2 Å². The number of hydrogen-bond donors (Lipinski definition) is 0. The van der Waals surface area contributed by atoms with Crippen LogP contribution in [-0.4, -0.2) is 47.5 Å². The first-order chi connectivity index (χ1) is 12.3. The lowest BCUT2D eigenvalue weighted by Crippen LogP contribution is -2.30. The van der Waals surface area contributed by atoms with E-state index >= 15 is 0 Å². The van der Waals surface area contributed by atoms with Gasteiger partial charge in [-0.25, -0.2) is 4.98 Å². The van der Waals surface area contributed by atoms with Crippen molar-refractivity contribution in [3.05, 3.63) is 34.6 Å². The second-order valence-corrected chi connectivity index (χ2v) is 7.36. The van der Waals surface area contributed by atoms with Gasteiger partial charge in [0.25, 0.3) is 5.56 Å². The predicted octanol–water partition coefficient (Wildman–Crippen LogP) is 2.43. The summed E-state index contributed by atoms with van der Waals surface area (Å²) in [4.78, 5) is 17.7. The highest BCUT2D eigenvalue weighted by Crippen LogP contribution is 2.23. The van der Waals surface area contributed by atoms with Gasteiger partial charge < -0.3 is 14.2 Å². The summed E-state index contributed by atoms with van der Waals surface area (Å²) in [5, 5.41) is 1.40. The molecule has 2 aliphatic heterocycles. The van der Waals surface area contributed by atoms with Crippen LogP contribution in [0, 0.1) is 0 Å². The third-order valence-electron chi connectivity index (χ3n) is 4.61. The fraction of sp³-hybridized carbons (Fsp3) is 0.556. The summed E-state index contributed by atoms with van der Waals surface area (Å²) in [6, 6.07) is 7.52. The molecule has 3 heterocycles. The molecule has 0 amide bonds. The topological polar surface area (TPSA) is 62.6 Å². The van der Waals surface area contributed by atoms with Crippen LogP contribution in [0.3, 0.4) is 0 Å². The fourth-order valence-corrected chi connectivity index (χ4v) is 4.29. The zero-order valence-corrected chi connectivity index (χ0v) is 14.9. The van der Waals surface area contributed by atoms with Crippen LogP contribution in [-0.2, 0) is 20.8 Å². The van der Waals surface area contributed by atoms with E-state index in [-0.39, 0.29) is 17.8 Å². The van der Waals surface area contributed by atoms with E-state index < -0.39 is 0 Å². The van der Waals surface area contributed by atoms with Gasteiger partial charge in [0.15, 0.2) is 5.16 Å².